The molecule has 1 N–H and O–H groups in total. The maximum absolute atomic E-state index is 12.3. The molecule has 0 bridgehead atoms. The smallest absolute Gasteiger partial charge is 0.306 e. The zero-order chi connectivity index (χ0) is 52.0. The average Bonchev–Trinajstić information content (AvgIpc) is 3.38. The zero-order valence-corrected chi connectivity index (χ0v) is 49.0. The fourth-order valence-electron chi connectivity index (χ4n) is 10.3. The first-order valence-electron chi connectivity index (χ1n) is 32.9. The highest BCUT2D eigenvalue weighted by Gasteiger charge is 2.16. The van der Waals surface area contributed by atoms with E-state index < -0.39 is 6.10 Å². The Hall–Kier alpha value is -1.62. The summed E-state index contributed by atoms with van der Waals surface area (Å²) in [5.41, 5.74) is 0. The molecule has 5 nitrogen and oxygen atoms in total. The number of carbonyl (C=O) groups excluding carboxylic acids is 2. The minimum atomic E-state index is -0.769. The number of aliphatic hydroxyl groups excluding tert-OH is 1. The Kier molecular flexibility index (Phi) is 62.2. The van der Waals surface area contributed by atoms with Crippen LogP contribution in [0, 0.1) is 0 Å². The van der Waals surface area contributed by atoms with Crippen molar-refractivity contribution in [1.82, 2.24) is 0 Å². The molecule has 0 saturated carbocycles. The van der Waals surface area contributed by atoms with Gasteiger partial charge >= 0.3 is 11.9 Å². The van der Waals surface area contributed by atoms with Crippen LogP contribution in [0.15, 0.2) is 24.3 Å². The molecule has 0 fully saturated rings. The van der Waals surface area contributed by atoms with Gasteiger partial charge in [0.05, 0.1) is 6.61 Å². The summed E-state index contributed by atoms with van der Waals surface area (Å²) in [4.78, 5) is 24.6. The van der Waals surface area contributed by atoms with E-state index in [-0.39, 0.29) is 25.2 Å². The highest BCUT2D eigenvalue weighted by molar-refractivity contribution is 5.70. The summed E-state index contributed by atoms with van der Waals surface area (Å²) < 4.78 is 10.8. The first-order chi connectivity index (χ1) is 35.6. The van der Waals surface area contributed by atoms with E-state index >= 15 is 0 Å². The maximum atomic E-state index is 12.3. The lowest BCUT2D eigenvalue weighted by atomic mass is 10.0. The Morgan fingerprint density at radius 3 is 0.750 bits per heavy atom. The topological polar surface area (TPSA) is 72.8 Å². The van der Waals surface area contributed by atoms with Gasteiger partial charge in [0.25, 0.3) is 0 Å². The van der Waals surface area contributed by atoms with Crippen LogP contribution in [-0.4, -0.2) is 36.4 Å². The van der Waals surface area contributed by atoms with Crippen molar-refractivity contribution in [2.24, 2.45) is 0 Å². The summed E-state index contributed by atoms with van der Waals surface area (Å²) >= 11 is 0. The van der Waals surface area contributed by atoms with E-state index in [2.05, 4.69) is 38.2 Å². The largest absolute Gasteiger partial charge is 0.462 e. The molecule has 0 aromatic carbocycles. The Bertz CT molecular complexity index is 1100. The van der Waals surface area contributed by atoms with Crippen LogP contribution in [0.2, 0.25) is 0 Å². The molecule has 0 aromatic heterocycles. The zero-order valence-electron chi connectivity index (χ0n) is 49.0. The fraction of sp³-hybridized carbons (Fsp3) is 0.910. The van der Waals surface area contributed by atoms with E-state index in [1.807, 2.05) is 0 Å². The summed E-state index contributed by atoms with van der Waals surface area (Å²) in [7, 11) is 0. The van der Waals surface area contributed by atoms with Gasteiger partial charge in [0.1, 0.15) is 6.61 Å². The molecule has 1 atom stereocenters. The van der Waals surface area contributed by atoms with E-state index in [1.54, 1.807) is 0 Å². The fourth-order valence-corrected chi connectivity index (χ4v) is 10.3. The molecule has 0 heterocycles. The van der Waals surface area contributed by atoms with Crippen LogP contribution in [0.4, 0.5) is 0 Å². The van der Waals surface area contributed by atoms with Crippen LogP contribution in [0.3, 0.4) is 0 Å². The number of hydrogen-bond acceptors (Lipinski definition) is 5. The van der Waals surface area contributed by atoms with Gasteiger partial charge < -0.3 is 14.6 Å². The average molecular weight is 1010 g/mol. The third kappa shape index (κ3) is 60.9. The van der Waals surface area contributed by atoms with Gasteiger partial charge in [0.2, 0.25) is 0 Å². The van der Waals surface area contributed by atoms with E-state index in [0.717, 1.165) is 38.5 Å². The van der Waals surface area contributed by atoms with Crippen LogP contribution in [-0.2, 0) is 19.1 Å². The van der Waals surface area contributed by atoms with E-state index in [9.17, 15) is 14.7 Å². The van der Waals surface area contributed by atoms with Gasteiger partial charge in [-0.15, -0.1) is 0 Å². The van der Waals surface area contributed by atoms with Gasteiger partial charge in [-0.3, -0.25) is 9.59 Å². The quantitative estimate of drug-likeness (QED) is 0.0373. The van der Waals surface area contributed by atoms with Gasteiger partial charge in [-0.1, -0.05) is 321 Å². The number of aliphatic hydroxyl groups is 1. The molecule has 0 aliphatic carbocycles. The standard InChI is InChI=1S/C67H128O5/c1-3-5-7-9-11-13-15-17-19-21-23-25-27-29-31-32-33-34-36-38-40-42-44-46-48-50-52-54-56-58-60-62-67(70)72-65(63-68)64-71-66(69)61-59-57-55-53-51-49-47-45-43-41-39-37-35-30-28-26-24-22-20-18-16-14-12-10-8-6-4-2/h21-24,65,68H,3-20,25-64H2,1-2H3/b23-21-,24-22-. The van der Waals surface area contributed by atoms with E-state index in [0.29, 0.717) is 12.8 Å². The van der Waals surface area contributed by atoms with Crippen LogP contribution >= 0.6 is 0 Å². The lowest BCUT2D eigenvalue weighted by Gasteiger charge is -2.15. The van der Waals surface area contributed by atoms with Crippen LogP contribution in [0.1, 0.15) is 373 Å². The predicted octanol–water partition coefficient (Wildman–Crippen LogP) is 22.4. The van der Waals surface area contributed by atoms with Crippen LogP contribution in [0.25, 0.3) is 0 Å². The minimum absolute atomic E-state index is 0.0589. The van der Waals surface area contributed by atoms with Crippen molar-refractivity contribution in [3.8, 4) is 0 Å². The lowest BCUT2D eigenvalue weighted by Crippen LogP contribution is -2.28. The van der Waals surface area contributed by atoms with Crippen LogP contribution in [0.5, 0.6) is 0 Å². The summed E-state index contributed by atoms with van der Waals surface area (Å²) in [6.07, 6.45) is 82.0. The molecule has 0 saturated heterocycles. The third-order valence-electron chi connectivity index (χ3n) is 15.2. The van der Waals surface area contributed by atoms with Crippen molar-refractivity contribution in [3.63, 3.8) is 0 Å². The molecule has 72 heavy (non-hydrogen) atoms. The highest BCUT2D eigenvalue weighted by Crippen LogP contribution is 2.18. The first kappa shape index (κ1) is 70.4. The van der Waals surface area contributed by atoms with E-state index in [1.165, 1.54) is 308 Å². The summed E-state index contributed by atoms with van der Waals surface area (Å²) in [5, 5.41) is 9.69. The first-order valence-corrected chi connectivity index (χ1v) is 32.9. The molecule has 0 aliphatic rings. The van der Waals surface area contributed by atoms with Gasteiger partial charge in [0, 0.05) is 12.8 Å². The van der Waals surface area contributed by atoms with Crippen LogP contribution < -0.4 is 0 Å². The number of unbranched alkanes of at least 4 members (excludes halogenated alkanes) is 50. The number of allylic oxidation sites excluding steroid dienone is 4. The number of carbonyl (C=O) groups is 2. The maximum Gasteiger partial charge on any atom is 0.306 e. The molecule has 0 aromatic rings. The van der Waals surface area contributed by atoms with E-state index in [4.69, 9.17) is 9.47 Å². The van der Waals surface area contributed by atoms with Gasteiger partial charge in [-0.2, -0.15) is 0 Å². The van der Waals surface area contributed by atoms with Crippen molar-refractivity contribution < 1.29 is 24.2 Å². The Balaban J connectivity index is 3.39. The molecule has 0 amide bonds. The van der Waals surface area contributed by atoms with Crippen molar-refractivity contribution in [2.75, 3.05) is 13.2 Å². The Morgan fingerprint density at radius 2 is 0.514 bits per heavy atom. The van der Waals surface area contributed by atoms with Crippen molar-refractivity contribution >= 4 is 11.9 Å². The molecule has 426 valence electrons. The van der Waals surface area contributed by atoms with Crippen molar-refractivity contribution in [1.29, 1.82) is 0 Å². The predicted molar refractivity (Wildman–Crippen MR) is 316 cm³/mol. The highest BCUT2D eigenvalue weighted by atomic mass is 16.6. The SMILES string of the molecule is CCCCCCCCCC/C=C\CCCCCCCCCCCCCCCCCCCCCC(=O)OC(CO)COC(=O)CCCCCCCCCCCCCCCCC/C=C\CCCCCCCCCC. The third-order valence-corrected chi connectivity index (χ3v) is 15.2. The number of rotatable bonds is 62. The number of ether oxygens (including phenoxy) is 2. The normalized spacial score (nSPS) is 12.2. The van der Waals surface area contributed by atoms with Gasteiger partial charge in [-0.25, -0.2) is 0 Å². The van der Waals surface area contributed by atoms with Gasteiger partial charge in [0.15, 0.2) is 6.10 Å². The lowest BCUT2D eigenvalue weighted by molar-refractivity contribution is -0.161. The molecule has 5 heteroatoms. The summed E-state index contributed by atoms with van der Waals surface area (Å²) in [5.74, 6) is -0.566. The summed E-state index contributed by atoms with van der Waals surface area (Å²) in [6, 6.07) is 0. The molecule has 0 aliphatic heterocycles. The molecule has 0 rings (SSSR count). The molecular formula is C67H128O5. The second-order valence-electron chi connectivity index (χ2n) is 22.5. The Morgan fingerprint density at radius 1 is 0.306 bits per heavy atom. The van der Waals surface area contributed by atoms with Crippen molar-refractivity contribution in [3.05, 3.63) is 24.3 Å². The number of esters is 2. The molecule has 0 spiro atoms. The Labute approximate surface area is 451 Å². The molecule has 1 unspecified atom stereocenters. The summed E-state index contributed by atoms with van der Waals surface area (Å²) in [6.45, 7) is 4.20. The molecule has 0 radical (unpaired) electrons. The monoisotopic (exact) mass is 1010 g/mol. The molecular weight excluding hydrogens is 885 g/mol. The van der Waals surface area contributed by atoms with Crippen molar-refractivity contribution in [2.45, 2.75) is 380 Å². The van der Waals surface area contributed by atoms with Gasteiger partial charge in [-0.05, 0) is 64.2 Å². The minimum Gasteiger partial charge on any atom is -0.462 e. The second-order valence-corrected chi connectivity index (χ2v) is 22.5. The number of hydrogen-bond donors (Lipinski definition) is 1. The second kappa shape index (κ2) is 63.7.